The molecule has 1 heterocycles. The third-order valence-electron chi connectivity index (χ3n) is 4.04. The minimum Gasteiger partial charge on any atom is -0.469 e. The number of ether oxygens (including phenoxy) is 1. The monoisotopic (exact) mass is 266 g/mol. The topological polar surface area (TPSA) is 64.3 Å². The number of hydrogen-bond acceptors (Lipinski definition) is 4. The molecule has 0 saturated heterocycles. The van der Waals surface area contributed by atoms with E-state index in [1.165, 1.54) is 7.11 Å². The Morgan fingerprint density at radius 2 is 2.21 bits per heavy atom. The van der Waals surface area contributed by atoms with Crippen molar-refractivity contribution >= 4 is 5.97 Å². The van der Waals surface area contributed by atoms with Crippen molar-refractivity contribution in [3.63, 3.8) is 0 Å². The van der Waals surface area contributed by atoms with Crippen LogP contribution in [0.3, 0.4) is 0 Å². The first-order valence-corrected chi connectivity index (χ1v) is 6.84. The maximum Gasteiger partial charge on any atom is 0.305 e. The van der Waals surface area contributed by atoms with E-state index in [0.717, 1.165) is 36.2 Å². The van der Waals surface area contributed by atoms with Crippen molar-refractivity contribution in [2.75, 3.05) is 7.11 Å². The zero-order chi connectivity index (χ0) is 14.0. The van der Waals surface area contributed by atoms with E-state index in [2.05, 4.69) is 9.84 Å². The van der Waals surface area contributed by atoms with Crippen LogP contribution in [0.1, 0.15) is 48.7 Å². The smallest absolute Gasteiger partial charge is 0.305 e. The van der Waals surface area contributed by atoms with Crippen LogP contribution in [0.15, 0.2) is 0 Å². The van der Waals surface area contributed by atoms with E-state index in [-0.39, 0.29) is 18.1 Å². The molecule has 0 radical (unpaired) electrons. The molecule has 1 N–H and O–H groups in total. The molecule has 1 aliphatic carbocycles. The summed E-state index contributed by atoms with van der Waals surface area (Å²) in [5, 5.41) is 14.5. The first-order chi connectivity index (χ1) is 9.04. The summed E-state index contributed by atoms with van der Waals surface area (Å²) in [6, 6.07) is 0.0885. The predicted molar refractivity (Wildman–Crippen MR) is 70.9 cm³/mol. The summed E-state index contributed by atoms with van der Waals surface area (Å²) in [6.45, 7) is 3.97. The van der Waals surface area contributed by atoms with Gasteiger partial charge in [0.05, 0.1) is 24.9 Å². The number of carbonyl (C=O) groups excluding carboxylic acids is 1. The van der Waals surface area contributed by atoms with Crippen molar-refractivity contribution in [2.24, 2.45) is 0 Å². The number of esters is 1. The lowest BCUT2D eigenvalue weighted by molar-refractivity contribution is -0.140. The molecular weight excluding hydrogens is 244 g/mol. The van der Waals surface area contributed by atoms with Gasteiger partial charge in [0.15, 0.2) is 0 Å². The normalized spacial score (nSPS) is 22.7. The zero-order valence-electron chi connectivity index (χ0n) is 11.8. The highest BCUT2D eigenvalue weighted by atomic mass is 16.5. The van der Waals surface area contributed by atoms with Crippen LogP contribution in [-0.4, -0.2) is 34.1 Å². The molecule has 1 fully saturated rings. The Morgan fingerprint density at radius 3 is 2.79 bits per heavy atom. The maximum absolute atomic E-state index is 11.2. The summed E-state index contributed by atoms with van der Waals surface area (Å²) in [4.78, 5) is 11.2. The number of carbonyl (C=O) groups is 1. The first kappa shape index (κ1) is 14.1. The summed E-state index contributed by atoms with van der Waals surface area (Å²) < 4.78 is 6.61. The van der Waals surface area contributed by atoms with Crippen LogP contribution in [-0.2, 0) is 16.0 Å². The highest BCUT2D eigenvalue weighted by molar-refractivity contribution is 5.69. The Bertz CT molecular complexity index is 468. The Balaban J connectivity index is 2.17. The van der Waals surface area contributed by atoms with Crippen molar-refractivity contribution < 1.29 is 14.6 Å². The second kappa shape index (κ2) is 5.74. The van der Waals surface area contributed by atoms with Crippen LogP contribution >= 0.6 is 0 Å². The molecule has 1 saturated carbocycles. The van der Waals surface area contributed by atoms with Gasteiger partial charge in [0.25, 0.3) is 0 Å². The van der Waals surface area contributed by atoms with E-state index < -0.39 is 0 Å². The summed E-state index contributed by atoms with van der Waals surface area (Å²) in [5.41, 5.74) is 3.11. The number of nitrogens with zero attached hydrogens (tertiary/aromatic N) is 2. The molecule has 2 unspecified atom stereocenters. The van der Waals surface area contributed by atoms with Crippen molar-refractivity contribution in [1.29, 1.82) is 0 Å². The van der Waals surface area contributed by atoms with Gasteiger partial charge in [-0.05, 0) is 45.1 Å². The standard InChI is InChI=1S/C14H22N2O3/c1-9-11(7-8-14(18)19-3)10(2)16(15-9)12-5-4-6-13(12)17/h12-13,17H,4-8H2,1-3H3. The molecule has 19 heavy (non-hydrogen) atoms. The third-order valence-corrected chi connectivity index (χ3v) is 4.04. The molecule has 2 rings (SSSR count). The van der Waals surface area contributed by atoms with Crippen LogP contribution in [0.2, 0.25) is 0 Å². The molecule has 0 aliphatic heterocycles. The average Bonchev–Trinajstić information content (AvgIpc) is 2.91. The largest absolute Gasteiger partial charge is 0.469 e. The number of aliphatic hydroxyl groups is 1. The van der Waals surface area contributed by atoms with E-state index in [9.17, 15) is 9.90 Å². The van der Waals surface area contributed by atoms with Crippen molar-refractivity contribution in [3.05, 3.63) is 17.0 Å². The molecule has 0 bridgehead atoms. The molecule has 2 atom stereocenters. The van der Waals surface area contributed by atoms with E-state index in [4.69, 9.17) is 0 Å². The van der Waals surface area contributed by atoms with Gasteiger partial charge in [-0.15, -0.1) is 0 Å². The number of methoxy groups -OCH3 is 1. The highest BCUT2D eigenvalue weighted by Crippen LogP contribution is 2.32. The quantitative estimate of drug-likeness (QED) is 0.842. The lowest BCUT2D eigenvalue weighted by Gasteiger charge is -2.17. The Hall–Kier alpha value is -1.36. The first-order valence-electron chi connectivity index (χ1n) is 6.84. The fourth-order valence-electron chi connectivity index (χ4n) is 2.92. The molecule has 5 heteroatoms. The number of rotatable bonds is 4. The minimum atomic E-state index is -0.300. The fourth-order valence-corrected chi connectivity index (χ4v) is 2.92. The molecule has 1 aromatic rings. The molecule has 0 aromatic carbocycles. The van der Waals surface area contributed by atoms with Crippen LogP contribution in [0.4, 0.5) is 0 Å². The molecule has 0 spiro atoms. The van der Waals surface area contributed by atoms with E-state index in [1.807, 2.05) is 18.5 Å². The van der Waals surface area contributed by atoms with Crippen molar-refractivity contribution in [3.8, 4) is 0 Å². The van der Waals surface area contributed by atoms with Crippen molar-refractivity contribution in [2.45, 2.75) is 58.1 Å². The van der Waals surface area contributed by atoms with Gasteiger partial charge in [-0.1, -0.05) is 0 Å². The Morgan fingerprint density at radius 1 is 1.47 bits per heavy atom. The van der Waals surface area contributed by atoms with Gasteiger partial charge in [-0.3, -0.25) is 9.48 Å². The summed E-state index contributed by atoms with van der Waals surface area (Å²) in [6.07, 6.45) is 3.58. The van der Waals surface area contributed by atoms with Crippen LogP contribution in [0.5, 0.6) is 0 Å². The second-order valence-electron chi connectivity index (χ2n) is 5.24. The Kier molecular flexibility index (Phi) is 4.24. The lowest BCUT2D eigenvalue weighted by atomic mass is 10.1. The molecule has 106 valence electrons. The van der Waals surface area contributed by atoms with Gasteiger partial charge in [-0.2, -0.15) is 5.10 Å². The summed E-state index contributed by atoms with van der Waals surface area (Å²) >= 11 is 0. The van der Waals surface area contributed by atoms with E-state index in [0.29, 0.717) is 12.8 Å². The molecular formula is C14H22N2O3. The molecule has 5 nitrogen and oxygen atoms in total. The van der Waals surface area contributed by atoms with Gasteiger partial charge in [0.1, 0.15) is 0 Å². The van der Waals surface area contributed by atoms with Gasteiger partial charge in [-0.25, -0.2) is 0 Å². The highest BCUT2D eigenvalue weighted by Gasteiger charge is 2.29. The van der Waals surface area contributed by atoms with Gasteiger partial charge in [0, 0.05) is 12.1 Å². The number of hydrogen-bond donors (Lipinski definition) is 1. The second-order valence-corrected chi connectivity index (χ2v) is 5.24. The average molecular weight is 266 g/mol. The molecule has 0 amide bonds. The number of aromatic nitrogens is 2. The SMILES string of the molecule is COC(=O)CCc1c(C)nn(C2CCCC2O)c1C. The van der Waals surface area contributed by atoms with Crippen LogP contribution in [0.25, 0.3) is 0 Å². The van der Waals surface area contributed by atoms with Gasteiger partial charge in [0.2, 0.25) is 0 Å². The molecule has 1 aliphatic rings. The summed E-state index contributed by atoms with van der Waals surface area (Å²) in [5.74, 6) is -0.201. The zero-order valence-corrected chi connectivity index (χ0v) is 11.8. The molecule has 1 aromatic heterocycles. The predicted octanol–water partition coefficient (Wildman–Crippen LogP) is 1.69. The van der Waals surface area contributed by atoms with E-state index >= 15 is 0 Å². The van der Waals surface area contributed by atoms with E-state index in [1.54, 1.807) is 0 Å². The third kappa shape index (κ3) is 2.81. The summed E-state index contributed by atoms with van der Waals surface area (Å²) in [7, 11) is 1.40. The minimum absolute atomic E-state index is 0.0885. The Labute approximate surface area is 113 Å². The maximum atomic E-state index is 11.2. The number of aliphatic hydroxyl groups excluding tert-OH is 1. The van der Waals surface area contributed by atoms with Crippen LogP contribution < -0.4 is 0 Å². The lowest BCUT2D eigenvalue weighted by Crippen LogP contribution is -2.20. The van der Waals surface area contributed by atoms with Gasteiger partial charge < -0.3 is 9.84 Å². The van der Waals surface area contributed by atoms with Gasteiger partial charge >= 0.3 is 5.97 Å². The fraction of sp³-hybridized carbons (Fsp3) is 0.714. The van der Waals surface area contributed by atoms with Crippen LogP contribution in [0, 0.1) is 13.8 Å². The van der Waals surface area contributed by atoms with Crippen molar-refractivity contribution in [1.82, 2.24) is 9.78 Å². The number of aryl methyl sites for hydroxylation is 1.